The summed E-state index contributed by atoms with van der Waals surface area (Å²) in [6.07, 6.45) is 0. The van der Waals surface area contributed by atoms with Crippen molar-refractivity contribution < 1.29 is 4.74 Å². The topological polar surface area (TPSA) is 35.2 Å². The van der Waals surface area contributed by atoms with Crippen LogP contribution in [0.5, 0.6) is 5.75 Å². The van der Waals surface area contributed by atoms with Crippen LogP contribution in [0.2, 0.25) is 0 Å². The fourth-order valence-electron chi connectivity index (χ4n) is 1.90. The Bertz CT molecular complexity index is 554. The van der Waals surface area contributed by atoms with Gasteiger partial charge >= 0.3 is 0 Å². The van der Waals surface area contributed by atoms with Gasteiger partial charge in [-0.2, -0.15) is 0 Å². The zero-order valence-electron chi connectivity index (χ0n) is 11.3. The molecule has 2 N–H and O–H groups in total. The summed E-state index contributed by atoms with van der Waals surface area (Å²) in [5, 5.41) is 0. The number of rotatable bonds is 5. The van der Waals surface area contributed by atoms with E-state index in [0.717, 1.165) is 11.5 Å². The van der Waals surface area contributed by atoms with Crippen molar-refractivity contribution >= 4 is 11.8 Å². The Labute approximate surface area is 119 Å². The van der Waals surface area contributed by atoms with Crippen LogP contribution in [-0.4, -0.2) is 7.11 Å². The molecule has 2 aromatic carbocycles. The monoisotopic (exact) mass is 273 g/mol. The normalized spacial score (nSPS) is 10.5. The summed E-state index contributed by atoms with van der Waals surface area (Å²) in [6, 6.07) is 14.6. The molecular weight excluding hydrogens is 254 g/mol. The van der Waals surface area contributed by atoms with Crippen molar-refractivity contribution in [1.29, 1.82) is 0 Å². The molecule has 100 valence electrons. The lowest BCUT2D eigenvalue weighted by Gasteiger charge is -2.08. The van der Waals surface area contributed by atoms with Gasteiger partial charge in [0.1, 0.15) is 5.75 Å². The molecule has 0 atom stereocenters. The molecule has 0 aliphatic rings. The highest BCUT2D eigenvalue weighted by Crippen LogP contribution is 2.27. The maximum absolute atomic E-state index is 5.65. The number of aryl methyl sites for hydroxylation is 1. The van der Waals surface area contributed by atoms with Crippen molar-refractivity contribution in [2.45, 2.75) is 24.1 Å². The van der Waals surface area contributed by atoms with E-state index in [1.54, 1.807) is 7.11 Å². The minimum Gasteiger partial charge on any atom is -0.497 e. The standard InChI is InChI=1S/C16H19NOS/c1-12-8-13(10-17)6-7-14(12)11-19-16-5-3-4-15(9-16)18-2/h3-9H,10-11,17H2,1-2H3. The van der Waals surface area contributed by atoms with Gasteiger partial charge in [0.2, 0.25) is 0 Å². The van der Waals surface area contributed by atoms with Crippen LogP contribution in [-0.2, 0) is 12.3 Å². The van der Waals surface area contributed by atoms with Crippen LogP contribution < -0.4 is 10.5 Å². The van der Waals surface area contributed by atoms with E-state index < -0.39 is 0 Å². The molecule has 2 nitrogen and oxygen atoms in total. The molecule has 2 aromatic rings. The summed E-state index contributed by atoms with van der Waals surface area (Å²) >= 11 is 1.82. The van der Waals surface area contributed by atoms with Gasteiger partial charge in [0.15, 0.2) is 0 Å². The van der Waals surface area contributed by atoms with Crippen molar-refractivity contribution in [3.8, 4) is 5.75 Å². The SMILES string of the molecule is COc1cccc(SCc2ccc(CN)cc2C)c1. The number of hydrogen-bond donors (Lipinski definition) is 1. The van der Waals surface area contributed by atoms with Gasteiger partial charge in [-0.05, 0) is 41.8 Å². The first-order valence-electron chi connectivity index (χ1n) is 6.28. The second kappa shape index (κ2) is 6.64. The second-order valence-electron chi connectivity index (χ2n) is 4.43. The zero-order chi connectivity index (χ0) is 13.7. The number of methoxy groups -OCH3 is 1. The summed E-state index contributed by atoms with van der Waals surface area (Å²) in [6.45, 7) is 2.74. The van der Waals surface area contributed by atoms with Crippen LogP contribution in [0.25, 0.3) is 0 Å². The van der Waals surface area contributed by atoms with E-state index >= 15 is 0 Å². The molecule has 0 fully saturated rings. The summed E-state index contributed by atoms with van der Waals surface area (Å²) in [5.41, 5.74) is 9.49. The fraction of sp³-hybridized carbons (Fsp3) is 0.250. The molecule has 0 aliphatic heterocycles. The van der Waals surface area contributed by atoms with E-state index in [0.29, 0.717) is 6.54 Å². The molecule has 0 saturated heterocycles. The highest BCUT2D eigenvalue weighted by atomic mass is 32.2. The molecule has 0 saturated carbocycles. The maximum atomic E-state index is 5.65. The lowest BCUT2D eigenvalue weighted by Crippen LogP contribution is -1.97. The summed E-state index contributed by atoms with van der Waals surface area (Å²) in [5.74, 6) is 1.87. The van der Waals surface area contributed by atoms with Crippen molar-refractivity contribution in [3.63, 3.8) is 0 Å². The van der Waals surface area contributed by atoms with Crippen molar-refractivity contribution in [2.24, 2.45) is 5.73 Å². The Hall–Kier alpha value is -1.45. The lowest BCUT2D eigenvalue weighted by atomic mass is 10.1. The average molecular weight is 273 g/mol. The highest BCUT2D eigenvalue weighted by molar-refractivity contribution is 7.98. The lowest BCUT2D eigenvalue weighted by molar-refractivity contribution is 0.413. The third-order valence-electron chi connectivity index (χ3n) is 3.08. The molecule has 0 unspecified atom stereocenters. The van der Waals surface area contributed by atoms with Crippen LogP contribution in [0.4, 0.5) is 0 Å². The van der Waals surface area contributed by atoms with Gasteiger partial charge < -0.3 is 10.5 Å². The van der Waals surface area contributed by atoms with E-state index in [2.05, 4.69) is 37.3 Å². The zero-order valence-corrected chi connectivity index (χ0v) is 12.2. The summed E-state index contributed by atoms with van der Waals surface area (Å²) in [4.78, 5) is 1.22. The molecule has 19 heavy (non-hydrogen) atoms. The molecule has 3 heteroatoms. The molecule has 0 spiro atoms. The van der Waals surface area contributed by atoms with E-state index in [1.807, 2.05) is 23.9 Å². The third-order valence-corrected chi connectivity index (χ3v) is 4.12. The van der Waals surface area contributed by atoms with Crippen molar-refractivity contribution in [2.75, 3.05) is 7.11 Å². The average Bonchev–Trinajstić information content (AvgIpc) is 2.46. The van der Waals surface area contributed by atoms with Gasteiger partial charge in [-0.1, -0.05) is 24.3 Å². The minimum absolute atomic E-state index is 0.601. The molecule has 0 aliphatic carbocycles. The maximum Gasteiger partial charge on any atom is 0.119 e. The molecule has 0 aromatic heterocycles. The molecule has 0 bridgehead atoms. The molecule has 2 rings (SSSR count). The number of ether oxygens (including phenoxy) is 1. The largest absolute Gasteiger partial charge is 0.497 e. The number of hydrogen-bond acceptors (Lipinski definition) is 3. The fourth-order valence-corrected chi connectivity index (χ4v) is 2.92. The third kappa shape index (κ3) is 3.75. The molecule has 0 heterocycles. The van der Waals surface area contributed by atoms with Gasteiger partial charge in [-0.15, -0.1) is 11.8 Å². The van der Waals surface area contributed by atoms with Gasteiger partial charge in [0, 0.05) is 17.2 Å². The Balaban J connectivity index is 2.05. The van der Waals surface area contributed by atoms with E-state index in [-0.39, 0.29) is 0 Å². The number of nitrogens with two attached hydrogens (primary N) is 1. The van der Waals surface area contributed by atoms with Gasteiger partial charge in [-0.3, -0.25) is 0 Å². The number of thioether (sulfide) groups is 1. The Morgan fingerprint density at radius 2 is 2.00 bits per heavy atom. The second-order valence-corrected chi connectivity index (χ2v) is 5.48. The summed E-state index contributed by atoms with van der Waals surface area (Å²) < 4.78 is 5.23. The molecule has 0 amide bonds. The predicted molar refractivity (Wildman–Crippen MR) is 81.6 cm³/mol. The Kier molecular flexibility index (Phi) is 4.88. The van der Waals surface area contributed by atoms with Gasteiger partial charge in [0.25, 0.3) is 0 Å². The van der Waals surface area contributed by atoms with E-state index in [1.165, 1.54) is 21.6 Å². The first-order valence-corrected chi connectivity index (χ1v) is 7.27. The number of benzene rings is 2. The Morgan fingerprint density at radius 1 is 1.16 bits per heavy atom. The van der Waals surface area contributed by atoms with Crippen molar-refractivity contribution in [3.05, 3.63) is 59.2 Å². The van der Waals surface area contributed by atoms with E-state index in [9.17, 15) is 0 Å². The van der Waals surface area contributed by atoms with Crippen LogP contribution >= 0.6 is 11.8 Å². The molecule has 0 radical (unpaired) electrons. The van der Waals surface area contributed by atoms with Crippen LogP contribution in [0.1, 0.15) is 16.7 Å². The van der Waals surface area contributed by atoms with Crippen LogP contribution in [0.3, 0.4) is 0 Å². The van der Waals surface area contributed by atoms with Gasteiger partial charge in [0.05, 0.1) is 7.11 Å². The van der Waals surface area contributed by atoms with Crippen LogP contribution in [0.15, 0.2) is 47.4 Å². The minimum atomic E-state index is 0.601. The first-order chi connectivity index (χ1) is 9.22. The van der Waals surface area contributed by atoms with Gasteiger partial charge in [-0.25, -0.2) is 0 Å². The molecular formula is C16H19NOS. The summed E-state index contributed by atoms with van der Waals surface area (Å²) in [7, 11) is 1.69. The predicted octanol–water partition coefficient (Wildman–Crippen LogP) is 3.75. The van der Waals surface area contributed by atoms with Crippen LogP contribution in [0, 0.1) is 6.92 Å². The quantitative estimate of drug-likeness (QED) is 0.843. The first kappa shape index (κ1) is 14.0. The smallest absolute Gasteiger partial charge is 0.119 e. The van der Waals surface area contributed by atoms with Crippen molar-refractivity contribution in [1.82, 2.24) is 0 Å². The Morgan fingerprint density at radius 3 is 2.68 bits per heavy atom. The van der Waals surface area contributed by atoms with E-state index in [4.69, 9.17) is 10.5 Å². The highest BCUT2D eigenvalue weighted by Gasteiger charge is 2.02.